The molecule has 1 heterocycles. The molecule has 0 saturated heterocycles. The summed E-state index contributed by atoms with van der Waals surface area (Å²) < 4.78 is 0. The van der Waals surface area contributed by atoms with Crippen LogP contribution in [0, 0.1) is 0 Å². The van der Waals surface area contributed by atoms with E-state index in [-0.39, 0.29) is 18.1 Å². The van der Waals surface area contributed by atoms with E-state index in [9.17, 15) is 9.90 Å². The molecular formula is C24H19ClN2O2. The van der Waals surface area contributed by atoms with Crippen LogP contribution in [0.3, 0.4) is 0 Å². The second-order valence-corrected chi connectivity index (χ2v) is 7.23. The first kappa shape index (κ1) is 19.0. The summed E-state index contributed by atoms with van der Waals surface area (Å²) in [6.07, 6.45) is 1.88. The summed E-state index contributed by atoms with van der Waals surface area (Å²) in [6, 6.07) is 23.7. The fraction of sp³-hybridized carbons (Fsp3) is 0.0833. The summed E-state index contributed by atoms with van der Waals surface area (Å²) in [5.41, 5.74) is 2.83. The fourth-order valence-corrected chi connectivity index (χ4v) is 3.49. The SMILES string of the molecule is O=C(Cc1ccccc1)N[C@H](c1ccc(Cl)cc1)c1ccc2cccnc2c1O. The number of amides is 1. The Labute approximate surface area is 173 Å². The Morgan fingerprint density at radius 3 is 2.48 bits per heavy atom. The Morgan fingerprint density at radius 1 is 0.966 bits per heavy atom. The van der Waals surface area contributed by atoms with Crippen molar-refractivity contribution in [2.75, 3.05) is 0 Å². The van der Waals surface area contributed by atoms with Crippen LogP contribution in [-0.2, 0) is 11.2 Å². The maximum atomic E-state index is 12.8. The first-order valence-electron chi connectivity index (χ1n) is 9.27. The van der Waals surface area contributed by atoms with Crippen LogP contribution < -0.4 is 5.32 Å². The molecule has 1 aromatic heterocycles. The number of carbonyl (C=O) groups excluding carboxylic acids is 1. The molecule has 2 N–H and O–H groups in total. The number of hydrogen-bond acceptors (Lipinski definition) is 3. The second kappa shape index (κ2) is 8.33. The highest BCUT2D eigenvalue weighted by atomic mass is 35.5. The van der Waals surface area contributed by atoms with Gasteiger partial charge in [-0.15, -0.1) is 0 Å². The van der Waals surface area contributed by atoms with Gasteiger partial charge in [-0.3, -0.25) is 9.78 Å². The van der Waals surface area contributed by atoms with Crippen molar-refractivity contribution in [1.29, 1.82) is 0 Å². The number of benzene rings is 3. The molecule has 0 aliphatic rings. The number of phenols is 1. The maximum absolute atomic E-state index is 12.8. The van der Waals surface area contributed by atoms with E-state index in [2.05, 4.69) is 10.3 Å². The van der Waals surface area contributed by atoms with Crippen LogP contribution in [-0.4, -0.2) is 16.0 Å². The molecule has 1 amide bonds. The predicted molar refractivity (Wildman–Crippen MR) is 115 cm³/mol. The quantitative estimate of drug-likeness (QED) is 0.491. The summed E-state index contributed by atoms with van der Waals surface area (Å²) in [7, 11) is 0. The third-order valence-electron chi connectivity index (χ3n) is 4.81. The highest BCUT2D eigenvalue weighted by molar-refractivity contribution is 6.30. The maximum Gasteiger partial charge on any atom is 0.225 e. The molecule has 144 valence electrons. The van der Waals surface area contributed by atoms with Gasteiger partial charge >= 0.3 is 0 Å². The van der Waals surface area contributed by atoms with Gasteiger partial charge in [-0.1, -0.05) is 72.3 Å². The van der Waals surface area contributed by atoms with Gasteiger partial charge in [-0.05, 0) is 29.3 Å². The minimum absolute atomic E-state index is 0.0584. The summed E-state index contributed by atoms with van der Waals surface area (Å²) in [5.74, 6) is -0.0836. The minimum Gasteiger partial charge on any atom is -0.505 e. The number of aromatic nitrogens is 1. The van der Waals surface area contributed by atoms with Crippen LogP contribution in [0.5, 0.6) is 5.75 Å². The smallest absolute Gasteiger partial charge is 0.225 e. The van der Waals surface area contributed by atoms with Crippen LogP contribution in [0.15, 0.2) is 85.1 Å². The van der Waals surface area contributed by atoms with E-state index in [1.165, 1.54) is 0 Å². The van der Waals surface area contributed by atoms with E-state index < -0.39 is 6.04 Å². The largest absolute Gasteiger partial charge is 0.505 e. The Kier molecular flexibility index (Phi) is 5.45. The highest BCUT2D eigenvalue weighted by Gasteiger charge is 2.22. The van der Waals surface area contributed by atoms with Gasteiger partial charge in [0.15, 0.2) is 0 Å². The van der Waals surface area contributed by atoms with Gasteiger partial charge in [0.1, 0.15) is 11.3 Å². The number of fused-ring (bicyclic) bond motifs is 1. The second-order valence-electron chi connectivity index (χ2n) is 6.79. The number of hydrogen-bond donors (Lipinski definition) is 2. The Hall–Kier alpha value is -3.37. The van der Waals surface area contributed by atoms with Crippen LogP contribution in [0.2, 0.25) is 5.02 Å². The molecule has 0 bridgehead atoms. The highest BCUT2D eigenvalue weighted by Crippen LogP contribution is 2.34. The number of pyridine rings is 1. The monoisotopic (exact) mass is 402 g/mol. The number of halogens is 1. The lowest BCUT2D eigenvalue weighted by atomic mass is 9.96. The Balaban J connectivity index is 1.72. The lowest BCUT2D eigenvalue weighted by Gasteiger charge is -2.21. The van der Waals surface area contributed by atoms with E-state index >= 15 is 0 Å². The van der Waals surface area contributed by atoms with Crippen molar-refractivity contribution in [1.82, 2.24) is 10.3 Å². The number of rotatable bonds is 5. The minimum atomic E-state index is -0.533. The first-order valence-corrected chi connectivity index (χ1v) is 9.65. The van der Waals surface area contributed by atoms with E-state index in [0.717, 1.165) is 16.5 Å². The van der Waals surface area contributed by atoms with Crippen molar-refractivity contribution in [3.05, 3.63) is 107 Å². The van der Waals surface area contributed by atoms with Gasteiger partial charge in [-0.25, -0.2) is 0 Å². The molecule has 0 spiro atoms. The summed E-state index contributed by atoms with van der Waals surface area (Å²) >= 11 is 6.04. The predicted octanol–water partition coefficient (Wildman–Crippen LogP) is 5.04. The molecule has 4 nitrogen and oxygen atoms in total. The number of nitrogens with zero attached hydrogens (tertiary/aromatic N) is 1. The number of aromatic hydroxyl groups is 1. The van der Waals surface area contributed by atoms with Gasteiger partial charge in [0.25, 0.3) is 0 Å². The standard InChI is InChI=1S/C24H19ClN2O2/c25-19-11-8-18(9-12-19)22(27-21(28)15-16-5-2-1-3-6-16)20-13-10-17-7-4-14-26-23(17)24(20)29/h1-14,22,29H,15H2,(H,27,28)/t22-/m1/s1. The Bertz CT molecular complexity index is 1140. The van der Waals surface area contributed by atoms with Crippen LogP contribution in [0.25, 0.3) is 10.9 Å². The zero-order valence-electron chi connectivity index (χ0n) is 15.5. The van der Waals surface area contributed by atoms with Crippen molar-refractivity contribution in [3.8, 4) is 5.75 Å². The van der Waals surface area contributed by atoms with Gasteiger partial charge in [0, 0.05) is 22.2 Å². The summed E-state index contributed by atoms with van der Waals surface area (Å²) in [5, 5.41) is 15.4. The van der Waals surface area contributed by atoms with Crippen molar-refractivity contribution in [2.45, 2.75) is 12.5 Å². The van der Waals surface area contributed by atoms with Crippen molar-refractivity contribution in [3.63, 3.8) is 0 Å². The third kappa shape index (κ3) is 4.23. The Morgan fingerprint density at radius 2 is 1.72 bits per heavy atom. The zero-order valence-corrected chi connectivity index (χ0v) is 16.3. The fourth-order valence-electron chi connectivity index (χ4n) is 3.37. The van der Waals surface area contributed by atoms with Crippen molar-refractivity contribution in [2.24, 2.45) is 0 Å². The van der Waals surface area contributed by atoms with E-state index in [4.69, 9.17) is 11.6 Å². The molecule has 0 aliphatic carbocycles. The summed E-state index contributed by atoms with van der Waals surface area (Å²) in [6.45, 7) is 0. The van der Waals surface area contributed by atoms with E-state index in [0.29, 0.717) is 16.1 Å². The molecule has 0 saturated carbocycles. The van der Waals surface area contributed by atoms with Gasteiger partial charge in [-0.2, -0.15) is 0 Å². The molecule has 29 heavy (non-hydrogen) atoms. The number of phenolic OH excluding ortho intramolecular Hbond substituents is 1. The average molecular weight is 403 g/mol. The summed E-state index contributed by atoms with van der Waals surface area (Å²) in [4.78, 5) is 17.1. The average Bonchev–Trinajstić information content (AvgIpc) is 2.74. The topological polar surface area (TPSA) is 62.2 Å². The molecule has 0 fully saturated rings. The normalized spacial score (nSPS) is 11.9. The molecular weight excluding hydrogens is 384 g/mol. The molecule has 0 aliphatic heterocycles. The van der Waals surface area contributed by atoms with Gasteiger partial charge in [0.05, 0.1) is 12.5 Å². The lowest BCUT2D eigenvalue weighted by Crippen LogP contribution is -2.30. The molecule has 0 radical (unpaired) electrons. The van der Waals surface area contributed by atoms with Gasteiger partial charge in [0.2, 0.25) is 5.91 Å². The molecule has 1 atom stereocenters. The van der Waals surface area contributed by atoms with Crippen LogP contribution in [0.1, 0.15) is 22.7 Å². The molecule has 4 rings (SSSR count). The van der Waals surface area contributed by atoms with Crippen LogP contribution >= 0.6 is 11.6 Å². The molecule has 3 aromatic carbocycles. The third-order valence-corrected chi connectivity index (χ3v) is 5.06. The van der Waals surface area contributed by atoms with E-state index in [1.54, 1.807) is 18.3 Å². The molecule has 4 aromatic rings. The van der Waals surface area contributed by atoms with E-state index in [1.807, 2.05) is 66.7 Å². The lowest BCUT2D eigenvalue weighted by molar-refractivity contribution is -0.120. The van der Waals surface area contributed by atoms with Crippen molar-refractivity contribution < 1.29 is 9.90 Å². The van der Waals surface area contributed by atoms with Crippen molar-refractivity contribution >= 4 is 28.4 Å². The molecule has 5 heteroatoms. The number of carbonyl (C=O) groups is 1. The number of nitrogens with one attached hydrogen (secondary N) is 1. The first-order chi connectivity index (χ1) is 14.1. The van der Waals surface area contributed by atoms with Gasteiger partial charge < -0.3 is 10.4 Å². The zero-order chi connectivity index (χ0) is 20.2. The molecule has 0 unspecified atom stereocenters. The van der Waals surface area contributed by atoms with Crippen LogP contribution in [0.4, 0.5) is 0 Å².